The first-order chi connectivity index (χ1) is 9.44. The molecular weight excluding hydrogens is 272 g/mol. The predicted octanol–water partition coefficient (Wildman–Crippen LogP) is 2.73. The summed E-state index contributed by atoms with van der Waals surface area (Å²) < 4.78 is 5.46. The molecule has 0 radical (unpaired) electrons. The summed E-state index contributed by atoms with van der Waals surface area (Å²) in [5.41, 5.74) is -0.404. The third-order valence-electron chi connectivity index (χ3n) is 3.79. The molecule has 2 saturated heterocycles. The zero-order valence-electron chi connectivity index (χ0n) is 13.0. The van der Waals surface area contributed by atoms with Crippen molar-refractivity contribution in [3.05, 3.63) is 0 Å². The Hall–Kier alpha value is -0.420. The SMILES string of the molecule is CC(C)(C)OC(=O)N1CCCC(NCC2CCSC2)C1. The van der Waals surface area contributed by atoms with Crippen molar-refractivity contribution >= 4 is 17.9 Å². The van der Waals surface area contributed by atoms with Crippen LogP contribution in [0.4, 0.5) is 4.79 Å². The first kappa shape index (κ1) is 16.0. The molecule has 20 heavy (non-hydrogen) atoms. The maximum atomic E-state index is 12.1. The van der Waals surface area contributed by atoms with Gasteiger partial charge in [0, 0.05) is 19.1 Å². The molecule has 0 aromatic rings. The van der Waals surface area contributed by atoms with Gasteiger partial charge in [-0.1, -0.05) is 0 Å². The molecule has 116 valence electrons. The van der Waals surface area contributed by atoms with Gasteiger partial charge in [0.25, 0.3) is 0 Å². The summed E-state index contributed by atoms with van der Waals surface area (Å²) in [6.45, 7) is 8.47. The van der Waals surface area contributed by atoms with Crippen LogP contribution in [-0.2, 0) is 4.74 Å². The Morgan fingerprint density at radius 1 is 1.40 bits per heavy atom. The molecule has 2 rings (SSSR count). The van der Waals surface area contributed by atoms with Crippen LogP contribution in [0.5, 0.6) is 0 Å². The van der Waals surface area contributed by atoms with Crippen molar-refractivity contribution in [2.24, 2.45) is 5.92 Å². The molecule has 0 bridgehead atoms. The van der Waals surface area contributed by atoms with E-state index in [-0.39, 0.29) is 6.09 Å². The highest BCUT2D eigenvalue weighted by molar-refractivity contribution is 7.99. The monoisotopic (exact) mass is 300 g/mol. The van der Waals surface area contributed by atoms with E-state index in [1.807, 2.05) is 25.7 Å². The zero-order valence-corrected chi connectivity index (χ0v) is 13.8. The second-order valence-electron chi connectivity index (χ2n) is 6.90. The van der Waals surface area contributed by atoms with Crippen molar-refractivity contribution < 1.29 is 9.53 Å². The summed E-state index contributed by atoms with van der Waals surface area (Å²) >= 11 is 2.06. The molecule has 0 aromatic heterocycles. The van der Waals surface area contributed by atoms with Crippen LogP contribution < -0.4 is 5.32 Å². The Labute approximate surface area is 127 Å². The minimum Gasteiger partial charge on any atom is -0.444 e. The molecule has 0 aliphatic carbocycles. The third-order valence-corrected chi connectivity index (χ3v) is 5.02. The minimum absolute atomic E-state index is 0.166. The van der Waals surface area contributed by atoms with E-state index in [0.717, 1.165) is 32.0 Å². The van der Waals surface area contributed by atoms with Gasteiger partial charge in [0.15, 0.2) is 0 Å². The van der Waals surface area contributed by atoms with Gasteiger partial charge >= 0.3 is 6.09 Å². The number of nitrogens with one attached hydrogen (secondary N) is 1. The van der Waals surface area contributed by atoms with Gasteiger partial charge < -0.3 is 15.0 Å². The number of carbonyl (C=O) groups is 1. The van der Waals surface area contributed by atoms with Crippen LogP contribution in [-0.4, -0.2) is 53.8 Å². The molecule has 4 nitrogen and oxygen atoms in total. The lowest BCUT2D eigenvalue weighted by Crippen LogP contribution is -2.50. The third kappa shape index (κ3) is 5.17. The summed E-state index contributed by atoms with van der Waals surface area (Å²) in [5, 5.41) is 3.65. The highest BCUT2D eigenvalue weighted by Gasteiger charge is 2.28. The van der Waals surface area contributed by atoms with Crippen molar-refractivity contribution in [1.29, 1.82) is 0 Å². The largest absolute Gasteiger partial charge is 0.444 e. The van der Waals surface area contributed by atoms with Gasteiger partial charge in [0.1, 0.15) is 5.60 Å². The van der Waals surface area contributed by atoms with Crippen molar-refractivity contribution in [1.82, 2.24) is 10.2 Å². The predicted molar refractivity (Wildman–Crippen MR) is 84.3 cm³/mol. The number of amides is 1. The van der Waals surface area contributed by atoms with Crippen molar-refractivity contribution in [2.45, 2.75) is 51.7 Å². The van der Waals surface area contributed by atoms with E-state index in [1.54, 1.807) is 0 Å². The normalized spacial score (nSPS) is 27.6. The number of rotatable bonds is 3. The molecule has 1 amide bonds. The molecule has 1 N–H and O–H groups in total. The second kappa shape index (κ2) is 7.03. The maximum Gasteiger partial charge on any atom is 0.410 e. The van der Waals surface area contributed by atoms with E-state index in [4.69, 9.17) is 4.74 Å². The Morgan fingerprint density at radius 2 is 2.20 bits per heavy atom. The fourth-order valence-corrected chi connectivity index (χ4v) is 4.00. The number of hydrogen-bond acceptors (Lipinski definition) is 4. The van der Waals surface area contributed by atoms with Gasteiger partial charge in [-0.15, -0.1) is 0 Å². The number of carbonyl (C=O) groups excluding carboxylic acids is 1. The highest BCUT2D eigenvalue weighted by atomic mass is 32.2. The molecule has 2 heterocycles. The van der Waals surface area contributed by atoms with Crippen LogP contribution in [0.15, 0.2) is 0 Å². The first-order valence-electron chi connectivity index (χ1n) is 7.73. The quantitative estimate of drug-likeness (QED) is 0.870. The molecule has 2 unspecified atom stereocenters. The Morgan fingerprint density at radius 3 is 2.85 bits per heavy atom. The zero-order chi connectivity index (χ0) is 14.6. The molecule has 2 fully saturated rings. The maximum absolute atomic E-state index is 12.1. The molecule has 2 atom stereocenters. The lowest BCUT2D eigenvalue weighted by molar-refractivity contribution is 0.0187. The lowest BCUT2D eigenvalue weighted by Gasteiger charge is -2.35. The van der Waals surface area contributed by atoms with Gasteiger partial charge in [0.2, 0.25) is 0 Å². The summed E-state index contributed by atoms with van der Waals surface area (Å²) in [6.07, 6.45) is 3.40. The van der Waals surface area contributed by atoms with Gasteiger partial charge in [-0.3, -0.25) is 0 Å². The number of nitrogens with zero attached hydrogens (tertiary/aromatic N) is 1. The molecule has 0 saturated carbocycles. The van der Waals surface area contributed by atoms with Gasteiger partial charge in [0.05, 0.1) is 0 Å². The van der Waals surface area contributed by atoms with Crippen LogP contribution >= 0.6 is 11.8 Å². The Balaban J connectivity index is 1.74. The molecular formula is C15H28N2O2S. The number of thioether (sulfide) groups is 1. The smallest absolute Gasteiger partial charge is 0.410 e. The van der Waals surface area contributed by atoms with Gasteiger partial charge in [-0.2, -0.15) is 11.8 Å². The lowest BCUT2D eigenvalue weighted by atomic mass is 10.0. The number of ether oxygens (including phenoxy) is 1. The van der Waals surface area contributed by atoms with Crippen molar-refractivity contribution in [3.8, 4) is 0 Å². The van der Waals surface area contributed by atoms with E-state index in [9.17, 15) is 4.79 Å². The molecule has 5 heteroatoms. The van der Waals surface area contributed by atoms with Crippen LogP contribution in [0, 0.1) is 5.92 Å². The first-order valence-corrected chi connectivity index (χ1v) is 8.88. The van der Waals surface area contributed by atoms with E-state index in [2.05, 4.69) is 17.1 Å². The fourth-order valence-electron chi connectivity index (χ4n) is 2.71. The van der Waals surface area contributed by atoms with Crippen LogP contribution in [0.25, 0.3) is 0 Å². The van der Waals surface area contributed by atoms with Crippen LogP contribution in [0.1, 0.15) is 40.0 Å². The van der Waals surface area contributed by atoms with E-state index in [0.29, 0.717) is 6.04 Å². The highest BCUT2D eigenvalue weighted by Crippen LogP contribution is 2.23. The van der Waals surface area contributed by atoms with Crippen LogP contribution in [0.3, 0.4) is 0 Å². The van der Waals surface area contributed by atoms with Crippen molar-refractivity contribution in [2.75, 3.05) is 31.1 Å². The van der Waals surface area contributed by atoms with Crippen molar-refractivity contribution in [3.63, 3.8) is 0 Å². The van der Waals surface area contributed by atoms with E-state index in [1.165, 1.54) is 24.3 Å². The number of likely N-dealkylation sites (tertiary alicyclic amines) is 1. The molecule has 2 aliphatic rings. The summed E-state index contributed by atoms with van der Waals surface area (Å²) in [5.74, 6) is 3.41. The number of hydrogen-bond donors (Lipinski definition) is 1. The molecule has 0 aromatic carbocycles. The summed E-state index contributed by atoms with van der Waals surface area (Å²) in [4.78, 5) is 13.9. The topological polar surface area (TPSA) is 41.6 Å². The standard InChI is InChI=1S/C15H28N2O2S/c1-15(2,3)19-14(18)17-7-4-5-13(10-17)16-9-12-6-8-20-11-12/h12-13,16H,4-11H2,1-3H3. The minimum atomic E-state index is -0.404. The average Bonchev–Trinajstić information content (AvgIpc) is 2.88. The van der Waals surface area contributed by atoms with E-state index >= 15 is 0 Å². The summed E-state index contributed by atoms with van der Waals surface area (Å²) in [7, 11) is 0. The van der Waals surface area contributed by atoms with E-state index < -0.39 is 5.60 Å². The second-order valence-corrected chi connectivity index (χ2v) is 8.05. The Kier molecular flexibility index (Phi) is 5.61. The molecule has 2 aliphatic heterocycles. The van der Waals surface area contributed by atoms with Crippen LogP contribution in [0.2, 0.25) is 0 Å². The number of piperidine rings is 1. The van der Waals surface area contributed by atoms with Gasteiger partial charge in [-0.25, -0.2) is 4.79 Å². The fraction of sp³-hybridized carbons (Fsp3) is 0.933. The Bertz CT molecular complexity index is 324. The average molecular weight is 300 g/mol. The summed E-state index contributed by atoms with van der Waals surface area (Å²) in [6, 6.07) is 0.432. The molecule has 0 spiro atoms. The van der Waals surface area contributed by atoms with Gasteiger partial charge in [-0.05, 0) is 64.0 Å².